The first-order valence-corrected chi connectivity index (χ1v) is 11.4. The number of H-pyrrole nitrogens is 1. The molecule has 32 heavy (non-hydrogen) atoms. The highest BCUT2D eigenvalue weighted by Gasteiger charge is 2.20. The third kappa shape index (κ3) is 4.28. The highest BCUT2D eigenvalue weighted by Crippen LogP contribution is 2.30. The van der Waals surface area contributed by atoms with Gasteiger partial charge in [-0.05, 0) is 54.5 Å². The Bertz CT molecular complexity index is 1320. The standard InChI is InChI=1S/C23H18ClFN4O2S/c24-16-3-1-15(2-4-16)22-27-28-23(31-22)32-13-21(30)29-9-7-14(8-10-29)19-12-26-20-11-17(25)5-6-18(19)20/h1-7,11-12,26H,8-10,13H2. The number of carbonyl (C=O) groups is 1. The predicted octanol–water partition coefficient (Wildman–Crippen LogP) is 5.42. The van der Waals surface area contributed by atoms with Crippen molar-refractivity contribution in [1.29, 1.82) is 0 Å². The highest BCUT2D eigenvalue weighted by atomic mass is 35.5. The number of rotatable bonds is 5. The number of nitrogens with zero attached hydrogens (tertiary/aromatic N) is 3. The zero-order valence-corrected chi connectivity index (χ0v) is 18.4. The maximum Gasteiger partial charge on any atom is 0.277 e. The Morgan fingerprint density at radius 2 is 2.06 bits per heavy atom. The van der Waals surface area contributed by atoms with Crippen molar-refractivity contribution >= 4 is 45.7 Å². The lowest BCUT2D eigenvalue weighted by Gasteiger charge is -2.26. The number of carbonyl (C=O) groups excluding carboxylic acids is 1. The second-order valence-corrected chi connectivity index (χ2v) is 8.74. The van der Waals surface area contributed by atoms with Gasteiger partial charge in [0.05, 0.1) is 5.75 Å². The molecule has 1 aliphatic heterocycles. The van der Waals surface area contributed by atoms with Crippen LogP contribution < -0.4 is 0 Å². The number of nitrogens with one attached hydrogen (secondary N) is 1. The molecule has 0 unspecified atom stereocenters. The lowest BCUT2D eigenvalue weighted by Crippen LogP contribution is -2.35. The van der Waals surface area contributed by atoms with Crippen molar-refractivity contribution in [1.82, 2.24) is 20.1 Å². The van der Waals surface area contributed by atoms with Gasteiger partial charge in [0.1, 0.15) is 5.82 Å². The summed E-state index contributed by atoms with van der Waals surface area (Å²) in [5.74, 6) is 0.357. The van der Waals surface area contributed by atoms with E-state index in [9.17, 15) is 9.18 Å². The molecule has 5 rings (SSSR count). The molecule has 6 nitrogen and oxygen atoms in total. The monoisotopic (exact) mass is 468 g/mol. The summed E-state index contributed by atoms with van der Waals surface area (Å²) in [6, 6.07) is 11.9. The second kappa shape index (κ2) is 8.80. The number of fused-ring (bicyclic) bond motifs is 1. The van der Waals surface area contributed by atoms with Gasteiger partial charge in [0, 0.05) is 46.3 Å². The highest BCUT2D eigenvalue weighted by molar-refractivity contribution is 7.99. The average Bonchev–Trinajstić information content (AvgIpc) is 3.45. The Labute approximate surface area is 192 Å². The van der Waals surface area contributed by atoms with E-state index in [2.05, 4.69) is 21.3 Å². The van der Waals surface area contributed by atoms with Crippen molar-refractivity contribution in [2.75, 3.05) is 18.8 Å². The van der Waals surface area contributed by atoms with Crippen molar-refractivity contribution in [3.05, 3.63) is 71.1 Å². The maximum atomic E-state index is 13.4. The maximum absolute atomic E-state index is 13.4. The van der Waals surface area contributed by atoms with Crippen molar-refractivity contribution in [2.24, 2.45) is 0 Å². The average molecular weight is 469 g/mol. The van der Waals surface area contributed by atoms with E-state index >= 15 is 0 Å². The first-order chi connectivity index (χ1) is 15.6. The fourth-order valence-corrected chi connectivity index (χ4v) is 4.49. The number of hydrogen-bond donors (Lipinski definition) is 1. The van der Waals surface area contributed by atoms with Gasteiger partial charge >= 0.3 is 0 Å². The summed E-state index contributed by atoms with van der Waals surface area (Å²) in [6.45, 7) is 1.15. The summed E-state index contributed by atoms with van der Waals surface area (Å²) in [5, 5.41) is 10.0. The molecule has 0 spiro atoms. The van der Waals surface area contributed by atoms with E-state index in [-0.39, 0.29) is 17.5 Å². The summed E-state index contributed by atoms with van der Waals surface area (Å²) < 4.78 is 19.1. The van der Waals surface area contributed by atoms with Crippen LogP contribution in [0.5, 0.6) is 0 Å². The first kappa shape index (κ1) is 20.8. The van der Waals surface area contributed by atoms with E-state index in [1.54, 1.807) is 30.3 Å². The fourth-order valence-electron chi connectivity index (χ4n) is 3.70. The van der Waals surface area contributed by atoms with Crippen molar-refractivity contribution in [2.45, 2.75) is 11.6 Å². The van der Waals surface area contributed by atoms with Gasteiger partial charge in [-0.1, -0.05) is 29.4 Å². The molecule has 1 aliphatic rings. The molecule has 0 radical (unpaired) electrons. The van der Waals surface area contributed by atoms with Gasteiger partial charge in [0.25, 0.3) is 5.22 Å². The number of halogens is 2. The quantitative estimate of drug-likeness (QED) is 0.396. The molecule has 4 aromatic rings. The number of aromatic amines is 1. The van der Waals surface area contributed by atoms with Crippen LogP contribution in [0, 0.1) is 5.82 Å². The van der Waals surface area contributed by atoms with Crippen LogP contribution >= 0.6 is 23.4 Å². The van der Waals surface area contributed by atoms with E-state index in [0.717, 1.165) is 34.0 Å². The molecule has 2 aromatic carbocycles. The Morgan fingerprint density at radius 3 is 2.84 bits per heavy atom. The molecule has 0 saturated heterocycles. The number of benzene rings is 2. The van der Waals surface area contributed by atoms with Crippen molar-refractivity contribution in [3.63, 3.8) is 0 Å². The van der Waals surface area contributed by atoms with Gasteiger partial charge in [0.15, 0.2) is 0 Å². The fraction of sp³-hybridized carbons (Fsp3) is 0.174. The minimum Gasteiger partial charge on any atom is -0.411 e. The first-order valence-electron chi connectivity index (χ1n) is 10.0. The van der Waals surface area contributed by atoms with Crippen LogP contribution in [-0.4, -0.2) is 44.8 Å². The molecule has 0 fully saturated rings. The lowest BCUT2D eigenvalue weighted by molar-refractivity contribution is -0.127. The molecule has 162 valence electrons. The van der Waals surface area contributed by atoms with Crippen molar-refractivity contribution < 1.29 is 13.6 Å². The molecule has 9 heteroatoms. The van der Waals surface area contributed by atoms with Crippen molar-refractivity contribution in [3.8, 4) is 11.5 Å². The summed E-state index contributed by atoms with van der Waals surface area (Å²) >= 11 is 7.12. The Balaban J connectivity index is 1.19. The third-order valence-electron chi connectivity index (χ3n) is 5.37. The number of amides is 1. The molecular formula is C23H18ClFN4O2S. The van der Waals surface area contributed by atoms with E-state index in [1.807, 2.05) is 11.1 Å². The van der Waals surface area contributed by atoms with Crippen LogP contribution in [0.3, 0.4) is 0 Å². The van der Waals surface area contributed by atoms with Gasteiger partial charge in [-0.15, -0.1) is 10.2 Å². The van der Waals surface area contributed by atoms with Gasteiger partial charge in [-0.25, -0.2) is 4.39 Å². The molecule has 0 atom stereocenters. The molecule has 0 aliphatic carbocycles. The molecule has 2 aromatic heterocycles. The minimum atomic E-state index is -0.265. The zero-order chi connectivity index (χ0) is 22.1. The summed E-state index contributed by atoms with van der Waals surface area (Å²) in [7, 11) is 0. The van der Waals surface area contributed by atoms with Crippen LogP contribution in [0.15, 0.2) is 64.4 Å². The third-order valence-corrected chi connectivity index (χ3v) is 6.42. The summed E-state index contributed by atoms with van der Waals surface area (Å²) in [6.07, 6.45) is 4.70. The predicted molar refractivity (Wildman–Crippen MR) is 123 cm³/mol. The van der Waals surface area contributed by atoms with Gasteiger partial charge in [-0.2, -0.15) is 0 Å². The van der Waals surface area contributed by atoms with E-state index in [0.29, 0.717) is 29.2 Å². The number of thioether (sulfide) groups is 1. The minimum absolute atomic E-state index is 0.0116. The summed E-state index contributed by atoms with van der Waals surface area (Å²) in [4.78, 5) is 17.6. The SMILES string of the molecule is O=C(CSc1nnc(-c2ccc(Cl)cc2)o1)N1CC=C(c2c[nH]c3cc(F)ccc23)CC1. The van der Waals surface area contributed by atoms with Crippen LogP contribution in [-0.2, 0) is 4.79 Å². The zero-order valence-electron chi connectivity index (χ0n) is 16.8. The number of aromatic nitrogens is 3. The Kier molecular flexibility index (Phi) is 5.71. The lowest BCUT2D eigenvalue weighted by atomic mass is 9.99. The molecule has 1 amide bonds. The van der Waals surface area contributed by atoms with Crippen LogP contribution in [0.4, 0.5) is 4.39 Å². The molecule has 1 N–H and O–H groups in total. The Morgan fingerprint density at radius 1 is 1.22 bits per heavy atom. The van der Waals surface area contributed by atoms with Gasteiger partial charge in [0.2, 0.25) is 11.8 Å². The summed E-state index contributed by atoms with van der Waals surface area (Å²) in [5.41, 5.74) is 3.76. The van der Waals surface area contributed by atoms with Gasteiger partial charge in [-0.3, -0.25) is 4.79 Å². The normalized spacial score (nSPS) is 14.1. The van der Waals surface area contributed by atoms with E-state index < -0.39 is 0 Å². The largest absolute Gasteiger partial charge is 0.411 e. The van der Waals surface area contributed by atoms with Crippen LogP contribution in [0.2, 0.25) is 5.02 Å². The topological polar surface area (TPSA) is 75.0 Å². The smallest absolute Gasteiger partial charge is 0.277 e. The van der Waals surface area contributed by atoms with E-state index in [4.69, 9.17) is 16.0 Å². The van der Waals surface area contributed by atoms with Crippen LogP contribution in [0.1, 0.15) is 12.0 Å². The van der Waals surface area contributed by atoms with E-state index in [1.165, 1.54) is 23.9 Å². The molecule has 0 saturated carbocycles. The van der Waals surface area contributed by atoms with Gasteiger partial charge < -0.3 is 14.3 Å². The van der Waals surface area contributed by atoms with Crippen LogP contribution in [0.25, 0.3) is 27.9 Å². The molecule has 0 bridgehead atoms. The molecule has 3 heterocycles. The second-order valence-electron chi connectivity index (χ2n) is 7.38. The Hall–Kier alpha value is -3.10. The molecular weight excluding hydrogens is 451 g/mol. The number of hydrogen-bond acceptors (Lipinski definition) is 5.